The molecule has 4 nitrogen and oxygen atoms in total. The van der Waals surface area contributed by atoms with Gasteiger partial charge in [0, 0.05) is 12.6 Å². The van der Waals surface area contributed by atoms with Gasteiger partial charge < -0.3 is 4.90 Å². The van der Waals surface area contributed by atoms with Gasteiger partial charge in [0.15, 0.2) is 9.84 Å². The number of benzene rings is 1. The van der Waals surface area contributed by atoms with Crippen LogP contribution in [0.1, 0.15) is 44.7 Å². The maximum atomic E-state index is 12.7. The Kier molecular flexibility index (Phi) is 6.44. The van der Waals surface area contributed by atoms with E-state index in [0.717, 1.165) is 18.4 Å². The number of nitrogens with zero attached hydrogens (tertiary/aromatic N) is 1. The fourth-order valence-electron chi connectivity index (χ4n) is 3.31. The van der Waals surface area contributed by atoms with Gasteiger partial charge in [0.25, 0.3) is 0 Å². The zero-order valence-corrected chi connectivity index (χ0v) is 15.8. The lowest BCUT2D eigenvalue weighted by Crippen LogP contribution is -2.42. The molecule has 1 aliphatic heterocycles. The third-order valence-electron chi connectivity index (χ3n) is 4.46. The highest BCUT2D eigenvalue weighted by molar-refractivity contribution is 7.91. The van der Waals surface area contributed by atoms with Crippen LogP contribution >= 0.6 is 0 Å². The molecule has 24 heavy (non-hydrogen) atoms. The van der Waals surface area contributed by atoms with Crippen molar-refractivity contribution >= 4 is 15.7 Å². The summed E-state index contributed by atoms with van der Waals surface area (Å²) in [6.45, 7) is 7.03. The van der Waals surface area contributed by atoms with Crippen LogP contribution in [0.2, 0.25) is 0 Å². The minimum Gasteiger partial charge on any atom is -0.338 e. The van der Waals surface area contributed by atoms with Crippen molar-refractivity contribution in [2.24, 2.45) is 5.92 Å². The zero-order valence-electron chi connectivity index (χ0n) is 15.0. The summed E-state index contributed by atoms with van der Waals surface area (Å²) in [7, 11) is -2.98. The van der Waals surface area contributed by atoms with Gasteiger partial charge in [-0.2, -0.15) is 0 Å². The lowest BCUT2D eigenvalue weighted by Gasteiger charge is -2.28. The quantitative estimate of drug-likeness (QED) is 0.759. The SMILES string of the molecule is CCCN(C(=O)Cc1ccc(CC(C)C)cc1)C1CCS(=O)(=O)C1. The molecule has 1 atom stereocenters. The largest absolute Gasteiger partial charge is 0.338 e. The molecule has 1 heterocycles. The minimum atomic E-state index is -2.98. The van der Waals surface area contributed by atoms with Crippen LogP contribution in [0.4, 0.5) is 0 Å². The monoisotopic (exact) mass is 351 g/mol. The highest BCUT2D eigenvalue weighted by Crippen LogP contribution is 2.19. The second kappa shape index (κ2) is 8.15. The summed E-state index contributed by atoms with van der Waals surface area (Å²) in [5.74, 6) is 0.971. The van der Waals surface area contributed by atoms with Crippen LogP contribution in [-0.4, -0.2) is 43.3 Å². The molecule has 0 aromatic heterocycles. The number of sulfone groups is 1. The average Bonchev–Trinajstić information content (AvgIpc) is 2.86. The van der Waals surface area contributed by atoms with Crippen molar-refractivity contribution in [2.45, 2.75) is 52.5 Å². The van der Waals surface area contributed by atoms with Crippen LogP contribution in [0, 0.1) is 5.92 Å². The van der Waals surface area contributed by atoms with Gasteiger partial charge in [0.2, 0.25) is 5.91 Å². The van der Waals surface area contributed by atoms with Gasteiger partial charge in [0.1, 0.15) is 0 Å². The molecule has 1 aromatic rings. The molecule has 0 bridgehead atoms. The summed E-state index contributed by atoms with van der Waals surface area (Å²) < 4.78 is 23.4. The van der Waals surface area contributed by atoms with Gasteiger partial charge in [-0.25, -0.2) is 8.42 Å². The third kappa shape index (κ3) is 5.33. The number of carbonyl (C=O) groups is 1. The van der Waals surface area contributed by atoms with E-state index in [1.807, 2.05) is 19.1 Å². The Bertz CT molecular complexity index is 650. The molecule has 1 fully saturated rings. The van der Waals surface area contributed by atoms with E-state index in [1.165, 1.54) is 5.56 Å². The summed E-state index contributed by atoms with van der Waals surface area (Å²) in [4.78, 5) is 14.5. The van der Waals surface area contributed by atoms with Gasteiger partial charge >= 0.3 is 0 Å². The van der Waals surface area contributed by atoms with Crippen molar-refractivity contribution < 1.29 is 13.2 Å². The van der Waals surface area contributed by atoms with Crippen LogP contribution in [0.15, 0.2) is 24.3 Å². The van der Waals surface area contributed by atoms with Crippen molar-refractivity contribution in [3.63, 3.8) is 0 Å². The summed E-state index contributed by atoms with van der Waals surface area (Å²) in [5, 5.41) is 0. The fourth-order valence-corrected chi connectivity index (χ4v) is 5.04. The molecular weight excluding hydrogens is 322 g/mol. The first-order chi connectivity index (χ1) is 11.3. The zero-order chi connectivity index (χ0) is 17.7. The second-order valence-corrected chi connectivity index (χ2v) is 9.46. The molecule has 1 aromatic carbocycles. The predicted octanol–water partition coefficient (Wildman–Crippen LogP) is 2.85. The average molecular weight is 352 g/mol. The van der Waals surface area contributed by atoms with Crippen molar-refractivity contribution in [3.05, 3.63) is 35.4 Å². The Morgan fingerprint density at radius 3 is 2.33 bits per heavy atom. The van der Waals surface area contributed by atoms with Gasteiger partial charge in [0.05, 0.1) is 17.9 Å². The standard InChI is InChI=1S/C19H29NO3S/c1-4-10-20(18-9-11-24(22,23)14-18)19(21)13-17-7-5-16(6-8-17)12-15(2)3/h5-8,15,18H,4,9-14H2,1-3H3. The smallest absolute Gasteiger partial charge is 0.227 e. The maximum Gasteiger partial charge on any atom is 0.227 e. The topological polar surface area (TPSA) is 54.5 Å². The lowest BCUT2D eigenvalue weighted by molar-refractivity contribution is -0.132. The fraction of sp³-hybridized carbons (Fsp3) is 0.632. The van der Waals surface area contributed by atoms with E-state index in [9.17, 15) is 13.2 Å². The number of carbonyl (C=O) groups excluding carboxylic acids is 1. The van der Waals surface area contributed by atoms with E-state index in [1.54, 1.807) is 4.90 Å². The lowest BCUT2D eigenvalue weighted by atomic mass is 10.0. The van der Waals surface area contributed by atoms with Crippen molar-refractivity contribution in [1.29, 1.82) is 0 Å². The normalized spacial score (nSPS) is 19.6. The van der Waals surface area contributed by atoms with Gasteiger partial charge in [-0.3, -0.25) is 4.79 Å². The summed E-state index contributed by atoms with van der Waals surface area (Å²) in [6.07, 6.45) is 2.80. The molecule has 2 rings (SSSR count). The molecule has 0 spiro atoms. The Hall–Kier alpha value is -1.36. The molecular formula is C19H29NO3S. The second-order valence-electron chi connectivity index (χ2n) is 7.24. The molecule has 0 N–H and O–H groups in total. The molecule has 134 valence electrons. The Balaban J connectivity index is 2.02. The molecule has 1 unspecified atom stereocenters. The molecule has 1 aliphatic rings. The Morgan fingerprint density at radius 1 is 1.21 bits per heavy atom. The maximum absolute atomic E-state index is 12.7. The van der Waals surface area contributed by atoms with E-state index in [4.69, 9.17) is 0 Å². The summed E-state index contributed by atoms with van der Waals surface area (Å²) in [6, 6.07) is 8.07. The van der Waals surface area contributed by atoms with Crippen molar-refractivity contribution in [1.82, 2.24) is 4.90 Å². The van der Waals surface area contributed by atoms with E-state index in [0.29, 0.717) is 25.3 Å². The number of rotatable bonds is 7. The minimum absolute atomic E-state index is 0.0376. The molecule has 5 heteroatoms. The van der Waals surface area contributed by atoms with Crippen LogP contribution in [-0.2, 0) is 27.5 Å². The van der Waals surface area contributed by atoms with Gasteiger partial charge in [-0.15, -0.1) is 0 Å². The predicted molar refractivity (Wildman–Crippen MR) is 97.8 cm³/mol. The molecule has 1 amide bonds. The number of hydrogen-bond acceptors (Lipinski definition) is 3. The van der Waals surface area contributed by atoms with E-state index in [-0.39, 0.29) is 23.5 Å². The van der Waals surface area contributed by atoms with Crippen LogP contribution in [0.3, 0.4) is 0 Å². The van der Waals surface area contributed by atoms with Crippen LogP contribution in [0.25, 0.3) is 0 Å². The molecule has 0 radical (unpaired) electrons. The van der Waals surface area contributed by atoms with E-state index in [2.05, 4.69) is 26.0 Å². The highest BCUT2D eigenvalue weighted by Gasteiger charge is 2.34. The first kappa shape index (κ1) is 19.0. The molecule has 0 saturated carbocycles. The summed E-state index contributed by atoms with van der Waals surface area (Å²) >= 11 is 0. The first-order valence-electron chi connectivity index (χ1n) is 8.88. The number of hydrogen-bond donors (Lipinski definition) is 0. The van der Waals surface area contributed by atoms with E-state index < -0.39 is 9.84 Å². The summed E-state index contributed by atoms with van der Waals surface area (Å²) in [5.41, 5.74) is 2.28. The van der Waals surface area contributed by atoms with Gasteiger partial charge in [-0.1, -0.05) is 45.0 Å². The first-order valence-corrected chi connectivity index (χ1v) is 10.7. The van der Waals surface area contributed by atoms with Crippen molar-refractivity contribution in [3.8, 4) is 0 Å². The molecule has 1 saturated heterocycles. The highest BCUT2D eigenvalue weighted by atomic mass is 32.2. The number of amides is 1. The van der Waals surface area contributed by atoms with Crippen molar-refractivity contribution in [2.75, 3.05) is 18.1 Å². The third-order valence-corrected chi connectivity index (χ3v) is 6.21. The van der Waals surface area contributed by atoms with E-state index >= 15 is 0 Å². The Labute approximate surface area is 146 Å². The Morgan fingerprint density at radius 2 is 1.83 bits per heavy atom. The van der Waals surface area contributed by atoms with Crippen LogP contribution < -0.4 is 0 Å². The van der Waals surface area contributed by atoms with Gasteiger partial charge in [-0.05, 0) is 36.3 Å². The molecule has 0 aliphatic carbocycles. The van der Waals surface area contributed by atoms with Crippen LogP contribution in [0.5, 0.6) is 0 Å².